The Hall–Kier alpha value is -2.13. The molecule has 0 aromatic carbocycles. The standard InChI is InChI=1S/C12H6ClF3N4OS/c13-9-2-1-7(22-9)11(21)18-6-4-17-10-3-8(12(14,15)16)19-20(10)5-6/h1-5H,(H,18,21). The molecule has 10 heteroatoms. The van der Waals surface area contributed by atoms with E-state index in [0.717, 1.165) is 21.9 Å². The van der Waals surface area contributed by atoms with Gasteiger partial charge in [-0.3, -0.25) is 4.79 Å². The summed E-state index contributed by atoms with van der Waals surface area (Å²) >= 11 is 6.82. The third-order valence-electron chi connectivity index (χ3n) is 2.66. The van der Waals surface area contributed by atoms with Crippen LogP contribution in [0.5, 0.6) is 0 Å². The second kappa shape index (κ2) is 5.25. The summed E-state index contributed by atoms with van der Waals surface area (Å²) in [6, 6.07) is 3.94. The van der Waals surface area contributed by atoms with Crippen LogP contribution in [0.1, 0.15) is 15.4 Å². The molecule has 3 aromatic rings. The van der Waals surface area contributed by atoms with E-state index < -0.39 is 17.8 Å². The predicted octanol–water partition coefficient (Wildman–Crippen LogP) is 3.72. The summed E-state index contributed by atoms with van der Waals surface area (Å²) in [4.78, 5) is 16.1. The van der Waals surface area contributed by atoms with E-state index in [-0.39, 0.29) is 11.3 Å². The molecule has 0 spiro atoms. The van der Waals surface area contributed by atoms with E-state index in [9.17, 15) is 18.0 Å². The van der Waals surface area contributed by atoms with Crippen molar-refractivity contribution in [3.05, 3.63) is 45.5 Å². The van der Waals surface area contributed by atoms with Crippen molar-refractivity contribution in [2.24, 2.45) is 0 Å². The lowest BCUT2D eigenvalue weighted by Crippen LogP contribution is -2.11. The minimum Gasteiger partial charge on any atom is -0.319 e. The van der Waals surface area contributed by atoms with E-state index in [2.05, 4.69) is 15.4 Å². The summed E-state index contributed by atoms with van der Waals surface area (Å²) in [7, 11) is 0. The molecule has 3 rings (SSSR count). The van der Waals surface area contributed by atoms with E-state index in [1.165, 1.54) is 12.4 Å². The molecule has 0 aliphatic rings. The second-order valence-electron chi connectivity index (χ2n) is 4.23. The zero-order valence-electron chi connectivity index (χ0n) is 10.6. The number of nitrogens with one attached hydrogen (secondary N) is 1. The van der Waals surface area contributed by atoms with Gasteiger partial charge in [0.1, 0.15) is 0 Å². The van der Waals surface area contributed by atoms with Crippen molar-refractivity contribution in [2.45, 2.75) is 6.18 Å². The average Bonchev–Trinajstić information content (AvgIpc) is 3.03. The van der Waals surface area contributed by atoms with Crippen molar-refractivity contribution in [1.29, 1.82) is 0 Å². The number of fused-ring (bicyclic) bond motifs is 1. The molecule has 3 aromatic heterocycles. The number of anilines is 1. The summed E-state index contributed by atoms with van der Waals surface area (Å²) < 4.78 is 39.1. The second-order valence-corrected chi connectivity index (χ2v) is 5.95. The molecule has 1 amide bonds. The number of carbonyl (C=O) groups excluding carboxylic acids is 1. The van der Waals surface area contributed by atoms with Crippen molar-refractivity contribution in [3.63, 3.8) is 0 Å². The maximum Gasteiger partial charge on any atom is 0.435 e. The fraction of sp³-hybridized carbons (Fsp3) is 0.0833. The van der Waals surface area contributed by atoms with Gasteiger partial charge in [0.25, 0.3) is 5.91 Å². The van der Waals surface area contributed by atoms with E-state index in [0.29, 0.717) is 9.21 Å². The Morgan fingerprint density at radius 1 is 1.36 bits per heavy atom. The third-order valence-corrected chi connectivity index (χ3v) is 3.89. The molecule has 0 saturated carbocycles. The smallest absolute Gasteiger partial charge is 0.319 e. The lowest BCUT2D eigenvalue weighted by Gasteiger charge is -2.03. The highest BCUT2D eigenvalue weighted by Gasteiger charge is 2.34. The Morgan fingerprint density at radius 2 is 2.14 bits per heavy atom. The maximum atomic E-state index is 12.6. The number of hydrogen-bond donors (Lipinski definition) is 1. The van der Waals surface area contributed by atoms with Gasteiger partial charge in [0.2, 0.25) is 0 Å². The van der Waals surface area contributed by atoms with Crippen molar-refractivity contribution < 1.29 is 18.0 Å². The lowest BCUT2D eigenvalue weighted by molar-refractivity contribution is -0.141. The summed E-state index contributed by atoms with van der Waals surface area (Å²) in [5.41, 5.74) is -0.795. The molecule has 0 bridgehead atoms. The summed E-state index contributed by atoms with van der Waals surface area (Å²) in [6.45, 7) is 0. The van der Waals surface area contributed by atoms with Crippen LogP contribution < -0.4 is 5.32 Å². The van der Waals surface area contributed by atoms with Crippen LogP contribution >= 0.6 is 22.9 Å². The Balaban J connectivity index is 1.87. The van der Waals surface area contributed by atoms with Gasteiger partial charge in [0.05, 0.1) is 27.3 Å². The van der Waals surface area contributed by atoms with Crippen LogP contribution in [-0.4, -0.2) is 20.5 Å². The topological polar surface area (TPSA) is 59.3 Å². The van der Waals surface area contributed by atoms with Gasteiger partial charge >= 0.3 is 6.18 Å². The van der Waals surface area contributed by atoms with Crippen LogP contribution in [0.2, 0.25) is 4.34 Å². The zero-order valence-corrected chi connectivity index (χ0v) is 12.1. The molecule has 0 unspecified atom stereocenters. The number of alkyl halides is 3. The van der Waals surface area contributed by atoms with Crippen LogP contribution in [0.15, 0.2) is 30.6 Å². The highest BCUT2D eigenvalue weighted by Crippen LogP contribution is 2.28. The number of amides is 1. The summed E-state index contributed by atoms with van der Waals surface area (Å²) in [5, 5.41) is 5.91. The van der Waals surface area contributed by atoms with Gasteiger partial charge in [-0.15, -0.1) is 11.3 Å². The highest BCUT2D eigenvalue weighted by atomic mass is 35.5. The first-order valence-electron chi connectivity index (χ1n) is 5.82. The maximum absolute atomic E-state index is 12.6. The monoisotopic (exact) mass is 346 g/mol. The number of rotatable bonds is 2. The van der Waals surface area contributed by atoms with Crippen LogP contribution in [0.3, 0.4) is 0 Å². The largest absolute Gasteiger partial charge is 0.435 e. The first kappa shape index (κ1) is 14.8. The van der Waals surface area contributed by atoms with Gasteiger partial charge in [-0.05, 0) is 12.1 Å². The van der Waals surface area contributed by atoms with Gasteiger partial charge in [-0.25, -0.2) is 9.50 Å². The third kappa shape index (κ3) is 2.90. The average molecular weight is 347 g/mol. The highest BCUT2D eigenvalue weighted by molar-refractivity contribution is 7.18. The van der Waals surface area contributed by atoms with Crippen LogP contribution in [-0.2, 0) is 6.18 Å². The molecule has 0 fully saturated rings. The first-order chi connectivity index (χ1) is 10.3. The van der Waals surface area contributed by atoms with E-state index >= 15 is 0 Å². The number of carbonyl (C=O) groups is 1. The molecular formula is C12H6ClF3N4OS. The Kier molecular flexibility index (Phi) is 3.53. The van der Waals surface area contributed by atoms with E-state index in [1.54, 1.807) is 12.1 Å². The Labute approximate surface area is 130 Å². The fourth-order valence-electron chi connectivity index (χ4n) is 1.71. The molecule has 114 valence electrons. The molecule has 0 atom stereocenters. The SMILES string of the molecule is O=C(Nc1cnc2cc(C(F)(F)F)nn2c1)c1ccc(Cl)s1. The summed E-state index contributed by atoms with van der Waals surface area (Å²) in [5.74, 6) is -0.429. The van der Waals surface area contributed by atoms with E-state index in [1.807, 2.05) is 0 Å². The molecule has 5 nitrogen and oxygen atoms in total. The van der Waals surface area contributed by atoms with Crippen molar-refractivity contribution in [1.82, 2.24) is 14.6 Å². The van der Waals surface area contributed by atoms with Gasteiger partial charge in [-0.1, -0.05) is 11.6 Å². The number of hydrogen-bond acceptors (Lipinski definition) is 4. The van der Waals surface area contributed by atoms with Crippen LogP contribution in [0, 0.1) is 0 Å². The number of aromatic nitrogens is 3. The van der Waals surface area contributed by atoms with E-state index in [4.69, 9.17) is 11.6 Å². The lowest BCUT2D eigenvalue weighted by atomic mass is 10.4. The van der Waals surface area contributed by atoms with Gasteiger partial charge < -0.3 is 5.32 Å². The van der Waals surface area contributed by atoms with Gasteiger partial charge in [0, 0.05) is 6.07 Å². The summed E-state index contributed by atoms with van der Waals surface area (Å²) in [6.07, 6.45) is -2.04. The molecule has 3 heterocycles. The Bertz CT molecular complexity index is 858. The zero-order chi connectivity index (χ0) is 15.9. The first-order valence-corrected chi connectivity index (χ1v) is 7.02. The van der Waals surface area contributed by atoms with Gasteiger partial charge in [-0.2, -0.15) is 18.3 Å². The quantitative estimate of drug-likeness (QED) is 0.769. The van der Waals surface area contributed by atoms with Crippen molar-refractivity contribution in [2.75, 3.05) is 5.32 Å². The number of nitrogens with zero attached hydrogens (tertiary/aromatic N) is 3. The minimum atomic E-state index is -4.55. The number of thiophene rings is 1. The fourth-order valence-corrected chi connectivity index (χ4v) is 2.65. The van der Waals surface area contributed by atoms with Crippen molar-refractivity contribution in [3.8, 4) is 0 Å². The van der Waals surface area contributed by atoms with Crippen LogP contribution in [0.25, 0.3) is 5.65 Å². The molecule has 0 aliphatic carbocycles. The molecule has 0 radical (unpaired) electrons. The molecular weight excluding hydrogens is 341 g/mol. The molecule has 0 saturated heterocycles. The number of halogens is 4. The van der Waals surface area contributed by atoms with Gasteiger partial charge in [0.15, 0.2) is 11.3 Å². The minimum absolute atomic E-state index is 0.0319. The molecule has 0 aliphatic heterocycles. The molecule has 22 heavy (non-hydrogen) atoms. The Morgan fingerprint density at radius 3 is 2.77 bits per heavy atom. The predicted molar refractivity (Wildman–Crippen MR) is 75.3 cm³/mol. The van der Waals surface area contributed by atoms with Crippen LogP contribution in [0.4, 0.5) is 18.9 Å². The van der Waals surface area contributed by atoms with Crippen molar-refractivity contribution >= 4 is 40.2 Å². The molecule has 1 N–H and O–H groups in total. The normalized spacial score (nSPS) is 11.8.